The lowest BCUT2D eigenvalue weighted by Gasteiger charge is -2.24. The molecule has 16 heteroatoms. The van der Waals surface area contributed by atoms with Crippen molar-refractivity contribution in [1.29, 1.82) is 0 Å². The molecule has 1 N–H and O–H groups in total. The molecule has 2 amide bonds. The van der Waals surface area contributed by atoms with Crippen molar-refractivity contribution in [2.24, 2.45) is 0 Å². The second-order valence-electron chi connectivity index (χ2n) is 11.4. The zero-order chi connectivity index (χ0) is 42.1. The van der Waals surface area contributed by atoms with Gasteiger partial charge in [-0.1, -0.05) is 118 Å². The average molecular weight is 1150 g/mol. The largest absolute Gasteiger partial charge is 1.00 e. The van der Waals surface area contributed by atoms with Crippen LogP contribution in [-0.4, -0.2) is 40.9 Å². The topological polar surface area (TPSA) is 114 Å². The van der Waals surface area contributed by atoms with E-state index >= 15 is 0 Å². The van der Waals surface area contributed by atoms with Gasteiger partial charge in [0, 0.05) is 49.5 Å². The summed E-state index contributed by atoms with van der Waals surface area (Å²) >= 11 is 6.17. The lowest BCUT2D eigenvalue weighted by atomic mass is 10.1. The van der Waals surface area contributed by atoms with E-state index in [-0.39, 0.29) is 40.0 Å². The first-order chi connectivity index (χ1) is 28.2. The van der Waals surface area contributed by atoms with Gasteiger partial charge in [-0.15, -0.1) is 0 Å². The van der Waals surface area contributed by atoms with Crippen LogP contribution < -0.4 is 28.7 Å². The molecule has 2 aromatic heterocycles. The number of ether oxygens (including phenoxy) is 3. The Bertz CT molecular complexity index is 2130. The van der Waals surface area contributed by atoms with Crippen LogP contribution in [0.3, 0.4) is 0 Å². The Morgan fingerprint density at radius 3 is 1.42 bits per heavy atom. The van der Waals surface area contributed by atoms with E-state index in [0.29, 0.717) is 51.2 Å². The van der Waals surface area contributed by atoms with Crippen molar-refractivity contribution in [3.63, 3.8) is 0 Å². The highest BCUT2D eigenvalue weighted by molar-refractivity contribution is 14.2. The standard InChI is InChI=1S/C21H19FN2O3.C20H18N2O3.CH2FI.CH2I2.FH/c1-16(25)24(14-17-7-5-6-10-20(17)26-15-22)19-13-23-12-11-21(19)27-18-8-3-2-4-9-18;1-15(23)22(14-16-7-5-6-10-19(16)24)18-13-21-12-11-20(18)25-17-8-3-2-4-9-17;2*2-1-3;/h2-13H,14-15H2,1H3;2-13,24H,14H2,1H3;2*1H2;1H/p-1/i;;;;1-1. The van der Waals surface area contributed by atoms with Gasteiger partial charge in [0.2, 0.25) is 18.7 Å². The Hall–Kier alpha value is -4.70. The molecule has 0 radical (unpaired) electrons. The summed E-state index contributed by atoms with van der Waals surface area (Å²) in [4.78, 5) is 35.9. The highest BCUT2D eigenvalue weighted by atomic mass is 127. The number of halogens is 6. The van der Waals surface area contributed by atoms with Gasteiger partial charge < -0.3 is 33.8 Å². The zero-order valence-electron chi connectivity index (χ0n) is 31.9. The summed E-state index contributed by atoms with van der Waals surface area (Å²) in [7, 11) is 0. The first kappa shape index (κ1) is 50.4. The molecular formula is C43H41F3I3N4O6-. The number of aromatic hydroxyl groups is 1. The Balaban J connectivity index is 0.000000354. The van der Waals surface area contributed by atoms with Crippen LogP contribution in [0.4, 0.5) is 20.2 Å². The van der Waals surface area contributed by atoms with Gasteiger partial charge in [0.25, 0.3) is 0 Å². The highest BCUT2D eigenvalue weighted by Gasteiger charge is 2.21. The fraction of sp³-hybridized carbons (Fsp3) is 0.163. The highest BCUT2D eigenvalue weighted by Crippen LogP contribution is 2.35. The Labute approximate surface area is 382 Å². The molecule has 0 saturated heterocycles. The minimum Gasteiger partial charge on any atom is -1.00 e. The Morgan fingerprint density at radius 1 is 0.610 bits per heavy atom. The molecule has 10 nitrogen and oxygen atoms in total. The second-order valence-corrected chi connectivity index (χ2v) is 16.4. The first-order valence-electron chi connectivity index (χ1n) is 17.3. The molecule has 0 unspecified atom stereocenters. The Morgan fingerprint density at radius 2 is 1.00 bits per heavy atom. The number of carbonyl (C=O) groups is 2. The third-order valence-electron chi connectivity index (χ3n) is 7.64. The minimum absolute atomic E-state index is 0. The third kappa shape index (κ3) is 17.2. The number of anilines is 2. The summed E-state index contributed by atoms with van der Waals surface area (Å²) in [6, 6.07) is 36.0. The lowest BCUT2D eigenvalue weighted by Crippen LogP contribution is -3.00. The Kier molecular flexibility index (Phi) is 24.5. The van der Waals surface area contributed by atoms with Crippen LogP contribution >= 0.6 is 67.8 Å². The maximum Gasteiger partial charge on any atom is 0.228 e. The van der Waals surface area contributed by atoms with Crippen LogP contribution in [0, 0.1) is 0 Å². The summed E-state index contributed by atoms with van der Waals surface area (Å²) in [6.07, 6.45) is 6.36. The van der Waals surface area contributed by atoms with E-state index in [1.54, 1.807) is 95.9 Å². The number of aromatic nitrogens is 2. The minimum atomic E-state index is -0.938. The van der Waals surface area contributed by atoms with Crippen molar-refractivity contribution in [3.05, 3.63) is 157 Å². The molecule has 0 aliphatic carbocycles. The van der Waals surface area contributed by atoms with Crippen LogP contribution in [0.25, 0.3) is 0 Å². The van der Waals surface area contributed by atoms with Crippen LogP contribution in [0.15, 0.2) is 146 Å². The van der Waals surface area contributed by atoms with Gasteiger partial charge in [-0.3, -0.25) is 19.6 Å². The maximum absolute atomic E-state index is 12.7. The lowest BCUT2D eigenvalue weighted by molar-refractivity contribution is -0.117. The van der Waals surface area contributed by atoms with E-state index in [4.69, 9.17) is 14.2 Å². The maximum atomic E-state index is 12.7. The number of hydrogen-bond acceptors (Lipinski definition) is 8. The number of amides is 2. The number of benzene rings is 4. The number of phenolic OH excluding ortho intramolecular Hbond substituents is 1. The van der Waals surface area contributed by atoms with E-state index in [1.807, 2.05) is 72.8 Å². The third-order valence-corrected chi connectivity index (χ3v) is 7.64. The average Bonchev–Trinajstić information content (AvgIpc) is 3.22. The van der Waals surface area contributed by atoms with Crippen molar-refractivity contribution in [3.8, 4) is 34.5 Å². The normalized spacial score (nSPS) is 9.68. The molecule has 0 aliphatic rings. The molecule has 312 valence electrons. The number of rotatable bonds is 12. The molecule has 0 aliphatic heterocycles. The van der Waals surface area contributed by atoms with Gasteiger partial charge in [-0.2, -0.15) is 0 Å². The van der Waals surface area contributed by atoms with Gasteiger partial charge in [0.15, 0.2) is 11.5 Å². The van der Waals surface area contributed by atoms with Crippen molar-refractivity contribution in [2.75, 3.05) is 23.8 Å². The van der Waals surface area contributed by atoms with Gasteiger partial charge in [-0.25, -0.2) is 8.78 Å². The fourth-order valence-electron chi connectivity index (χ4n) is 5.11. The summed E-state index contributed by atoms with van der Waals surface area (Å²) < 4.78 is 40.7. The SMILES string of the molecule is CC(=O)N(Cc1ccccc1O)c1cnccc1Oc1ccccc1.CC(=O)N(Cc1ccccc1OCF)c1cnccc1Oc1ccccc1.FCI.ICI.[18F-]. The number of hydrogen-bond donors (Lipinski definition) is 1. The van der Waals surface area contributed by atoms with E-state index in [2.05, 4.69) is 55.1 Å². The van der Waals surface area contributed by atoms with Crippen molar-refractivity contribution in [2.45, 2.75) is 26.9 Å². The zero-order valence-corrected chi connectivity index (χ0v) is 38.4. The molecule has 0 fully saturated rings. The van der Waals surface area contributed by atoms with Crippen LogP contribution in [0.1, 0.15) is 25.0 Å². The quantitative estimate of drug-likeness (QED) is 0.0955. The second kappa shape index (κ2) is 28.7. The molecule has 0 saturated carbocycles. The van der Waals surface area contributed by atoms with E-state index in [0.717, 1.165) is 0 Å². The number of alkyl halides is 5. The number of nitrogens with zero attached hydrogens (tertiary/aromatic N) is 4. The predicted molar refractivity (Wildman–Crippen MR) is 249 cm³/mol. The van der Waals surface area contributed by atoms with Crippen LogP contribution in [0.5, 0.6) is 34.5 Å². The number of phenols is 1. The predicted octanol–water partition coefficient (Wildman–Crippen LogP) is 9.03. The number of pyridine rings is 2. The van der Waals surface area contributed by atoms with E-state index in [9.17, 15) is 23.5 Å². The van der Waals surface area contributed by atoms with Crippen molar-refractivity contribution in [1.82, 2.24) is 9.97 Å². The van der Waals surface area contributed by atoms with E-state index < -0.39 is 6.86 Å². The van der Waals surface area contributed by atoms with Crippen molar-refractivity contribution < 1.29 is 42.4 Å². The molecule has 4 aromatic carbocycles. The van der Waals surface area contributed by atoms with Crippen molar-refractivity contribution >= 4 is 91.0 Å². The summed E-state index contributed by atoms with van der Waals surface area (Å²) in [5.74, 6) is 2.49. The summed E-state index contributed by atoms with van der Waals surface area (Å²) in [6.45, 7) is 2.41. The van der Waals surface area contributed by atoms with Gasteiger partial charge >= 0.3 is 0 Å². The molecule has 2 heterocycles. The number of carbonyl (C=O) groups excluding carboxylic acids is 2. The molecule has 0 bridgehead atoms. The van der Waals surface area contributed by atoms with Gasteiger partial charge in [0.1, 0.15) is 39.1 Å². The van der Waals surface area contributed by atoms with Gasteiger partial charge in [-0.05, 0) is 59.0 Å². The fourth-order valence-corrected chi connectivity index (χ4v) is 5.11. The summed E-state index contributed by atoms with van der Waals surface area (Å²) in [5.41, 5.74) is 2.39. The molecule has 6 rings (SSSR count). The van der Waals surface area contributed by atoms with Gasteiger partial charge in [0.05, 0.1) is 27.9 Å². The molecule has 0 spiro atoms. The van der Waals surface area contributed by atoms with E-state index in [1.165, 1.54) is 26.1 Å². The monoisotopic (exact) mass is 1150 g/mol. The molecule has 0 atom stereocenters. The smallest absolute Gasteiger partial charge is 0.228 e. The number of para-hydroxylation sites is 4. The van der Waals surface area contributed by atoms with Crippen LogP contribution in [-0.2, 0) is 22.7 Å². The first-order valence-corrected chi connectivity index (χ1v) is 21.9. The molecule has 59 heavy (non-hydrogen) atoms. The molecular weight excluding hydrogens is 1110 g/mol. The molecule has 6 aromatic rings. The van der Waals surface area contributed by atoms with Crippen LogP contribution in [0.2, 0.25) is 0 Å². The summed E-state index contributed by atoms with van der Waals surface area (Å²) in [5, 5.41) is 10.0.